The molecule has 1 unspecified atom stereocenters. The van der Waals surface area contributed by atoms with E-state index in [1.165, 1.54) is 19.3 Å². The van der Waals surface area contributed by atoms with Gasteiger partial charge in [0, 0.05) is 0 Å². The molecule has 0 amide bonds. The summed E-state index contributed by atoms with van der Waals surface area (Å²) in [6.07, 6.45) is 9.43. The lowest BCUT2D eigenvalue weighted by atomic mass is 9.76. The highest BCUT2D eigenvalue weighted by Gasteiger charge is 2.35. The molecule has 0 aliphatic heterocycles. The fraction of sp³-hybridized carbons (Fsp3) is 0.727. The van der Waals surface area contributed by atoms with Crippen LogP contribution in [0, 0.1) is 5.92 Å². The number of nitrogens with one attached hydrogen (secondary N) is 1. The molecular weight excluding hydrogens is 176 g/mol. The standard InChI is InChI=1S/C11H18N2O/c1-11(14,10-7-12-8-13-10)9-5-3-2-4-6-9/h7-9,14H,2-6H2,1H3,(H,12,13). The molecule has 0 saturated heterocycles. The quantitative estimate of drug-likeness (QED) is 0.758. The van der Waals surface area contributed by atoms with Gasteiger partial charge >= 0.3 is 0 Å². The van der Waals surface area contributed by atoms with E-state index >= 15 is 0 Å². The van der Waals surface area contributed by atoms with Crippen molar-refractivity contribution in [2.24, 2.45) is 5.92 Å². The van der Waals surface area contributed by atoms with E-state index in [2.05, 4.69) is 9.97 Å². The van der Waals surface area contributed by atoms with Crippen LogP contribution in [0.1, 0.15) is 44.7 Å². The number of aliphatic hydroxyl groups is 1. The lowest BCUT2D eigenvalue weighted by Gasteiger charge is -2.34. The predicted molar refractivity (Wildman–Crippen MR) is 54.7 cm³/mol. The fourth-order valence-electron chi connectivity index (χ4n) is 2.42. The van der Waals surface area contributed by atoms with Crippen LogP contribution in [-0.2, 0) is 5.60 Å². The Balaban J connectivity index is 2.14. The van der Waals surface area contributed by atoms with Crippen molar-refractivity contribution < 1.29 is 5.11 Å². The molecule has 0 aromatic carbocycles. The van der Waals surface area contributed by atoms with Crippen LogP contribution in [0.5, 0.6) is 0 Å². The van der Waals surface area contributed by atoms with Crippen molar-refractivity contribution in [2.45, 2.75) is 44.6 Å². The maximum atomic E-state index is 10.4. The molecule has 1 aliphatic rings. The summed E-state index contributed by atoms with van der Waals surface area (Å²) in [4.78, 5) is 6.98. The van der Waals surface area contributed by atoms with E-state index in [9.17, 15) is 5.11 Å². The first-order chi connectivity index (χ1) is 6.71. The Morgan fingerprint density at radius 3 is 2.71 bits per heavy atom. The number of nitrogens with zero attached hydrogens (tertiary/aromatic N) is 1. The van der Waals surface area contributed by atoms with Gasteiger partial charge in [-0.15, -0.1) is 0 Å². The summed E-state index contributed by atoms with van der Waals surface area (Å²) >= 11 is 0. The van der Waals surface area contributed by atoms with E-state index in [0.717, 1.165) is 18.5 Å². The fourth-order valence-corrected chi connectivity index (χ4v) is 2.42. The number of aromatic nitrogens is 2. The van der Waals surface area contributed by atoms with E-state index in [4.69, 9.17) is 0 Å². The Morgan fingerprint density at radius 1 is 1.43 bits per heavy atom. The molecular formula is C11H18N2O. The summed E-state index contributed by atoms with van der Waals surface area (Å²) in [5.41, 5.74) is 0.126. The summed E-state index contributed by atoms with van der Waals surface area (Å²) in [5.74, 6) is 0.386. The molecule has 78 valence electrons. The van der Waals surface area contributed by atoms with E-state index < -0.39 is 5.60 Å². The molecule has 1 atom stereocenters. The zero-order valence-corrected chi connectivity index (χ0v) is 8.66. The second-order valence-corrected chi connectivity index (χ2v) is 4.45. The number of imidazole rings is 1. The first-order valence-electron chi connectivity index (χ1n) is 5.42. The number of aromatic amines is 1. The Hall–Kier alpha value is -0.830. The average Bonchev–Trinajstić information content (AvgIpc) is 2.72. The largest absolute Gasteiger partial charge is 0.384 e. The lowest BCUT2D eigenvalue weighted by Crippen LogP contribution is -2.33. The smallest absolute Gasteiger partial charge is 0.106 e. The van der Waals surface area contributed by atoms with Gasteiger partial charge in [0.15, 0.2) is 0 Å². The average molecular weight is 194 g/mol. The normalized spacial score (nSPS) is 23.3. The van der Waals surface area contributed by atoms with Crippen molar-refractivity contribution in [2.75, 3.05) is 0 Å². The van der Waals surface area contributed by atoms with Gasteiger partial charge in [0.05, 0.1) is 18.2 Å². The molecule has 0 spiro atoms. The summed E-state index contributed by atoms with van der Waals surface area (Å²) in [6, 6.07) is 0. The Bertz CT molecular complexity index is 273. The van der Waals surface area contributed by atoms with Crippen LogP contribution in [0.2, 0.25) is 0 Å². The summed E-state index contributed by atoms with van der Waals surface area (Å²) in [5, 5.41) is 10.4. The van der Waals surface area contributed by atoms with Crippen molar-refractivity contribution in [1.82, 2.24) is 9.97 Å². The van der Waals surface area contributed by atoms with Crippen molar-refractivity contribution in [3.8, 4) is 0 Å². The van der Waals surface area contributed by atoms with E-state index in [1.54, 1.807) is 12.5 Å². The van der Waals surface area contributed by atoms with Gasteiger partial charge in [-0.25, -0.2) is 4.98 Å². The molecule has 1 aliphatic carbocycles. The van der Waals surface area contributed by atoms with Crippen molar-refractivity contribution >= 4 is 0 Å². The summed E-state index contributed by atoms with van der Waals surface area (Å²) in [6.45, 7) is 1.90. The van der Waals surface area contributed by atoms with Crippen molar-refractivity contribution in [3.63, 3.8) is 0 Å². The van der Waals surface area contributed by atoms with E-state index in [1.807, 2.05) is 6.92 Å². The first-order valence-corrected chi connectivity index (χ1v) is 5.42. The number of hydrogen-bond acceptors (Lipinski definition) is 2. The van der Waals surface area contributed by atoms with Gasteiger partial charge in [-0.2, -0.15) is 0 Å². The lowest BCUT2D eigenvalue weighted by molar-refractivity contribution is -0.0248. The maximum Gasteiger partial charge on any atom is 0.106 e. The molecule has 2 N–H and O–H groups in total. The number of hydrogen-bond donors (Lipinski definition) is 2. The molecule has 3 nitrogen and oxygen atoms in total. The minimum absolute atomic E-state index is 0.386. The summed E-state index contributed by atoms with van der Waals surface area (Å²) < 4.78 is 0. The summed E-state index contributed by atoms with van der Waals surface area (Å²) in [7, 11) is 0. The Labute approximate surface area is 84.6 Å². The van der Waals surface area contributed by atoms with Crippen LogP contribution < -0.4 is 0 Å². The van der Waals surface area contributed by atoms with Crippen LogP contribution in [0.4, 0.5) is 0 Å². The van der Waals surface area contributed by atoms with Crippen LogP contribution in [0.25, 0.3) is 0 Å². The van der Waals surface area contributed by atoms with Gasteiger partial charge in [0.25, 0.3) is 0 Å². The molecule has 1 heterocycles. The van der Waals surface area contributed by atoms with Crippen LogP contribution in [-0.4, -0.2) is 15.1 Å². The Morgan fingerprint density at radius 2 is 2.14 bits per heavy atom. The predicted octanol–water partition coefficient (Wildman–Crippen LogP) is 2.20. The van der Waals surface area contributed by atoms with E-state index in [0.29, 0.717) is 5.92 Å². The SMILES string of the molecule is CC(O)(c1cnc[nH]1)C1CCCCC1. The minimum atomic E-state index is -0.725. The third kappa shape index (κ3) is 1.69. The molecule has 3 heteroatoms. The highest BCUT2D eigenvalue weighted by Crippen LogP contribution is 2.37. The topological polar surface area (TPSA) is 48.9 Å². The molecule has 2 rings (SSSR count). The monoisotopic (exact) mass is 194 g/mol. The highest BCUT2D eigenvalue weighted by atomic mass is 16.3. The van der Waals surface area contributed by atoms with Crippen molar-refractivity contribution in [3.05, 3.63) is 18.2 Å². The second-order valence-electron chi connectivity index (χ2n) is 4.45. The third-order valence-corrected chi connectivity index (χ3v) is 3.44. The molecule has 1 fully saturated rings. The van der Waals surface area contributed by atoms with Gasteiger partial charge < -0.3 is 10.1 Å². The Kier molecular flexibility index (Phi) is 2.59. The second kappa shape index (κ2) is 3.73. The molecule has 14 heavy (non-hydrogen) atoms. The maximum absolute atomic E-state index is 10.4. The minimum Gasteiger partial charge on any atom is -0.384 e. The molecule has 0 radical (unpaired) electrons. The zero-order valence-electron chi connectivity index (χ0n) is 8.66. The molecule has 1 saturated carbocycles. The molecule has 1 aromatic heterocycles. The van der Waals surface area contributed by atoms with Crippen LogP contribution >= 0.6 is 0 Å². The van der Waals surface area contributed by atoms with Crippen LogP contribution in [0.3, 0.4) is 0 Å². The van der Waals surface area contributed by atoms with Gasteiger partial charge in [0.1, 0.15) is 5.60 Å². The highest BCUT2D eigenvalue weighted by molar-refractivity contribution is 5.08. The third-order valence-electron chi connectivity index (χ3n) is 3.44. The van der Waals surface area contributed by atoms with Gasteiger partial charge in [-0.05, 0) is 25.7 Å². The molecule has 0 bridgehead atoms. The van der Waals surface area contributed by atoms with Gasteiger partial charge in [-0.1, -0.05) is 19.3 Å². The van der Waals surface area contributed by atoms with Crippen molar-refractivity contribution in [1.29, 1.82) is 0 Å². The zero-order chi connectivity index (χ0) is 10.0. The molecule has 1 aromatic rings. The first kappa shape index (κ1) is 9.71. The number of rotatable bonds is 2. The van der Waals surface area contributed by atoms with Gasteiger partial charge in [-0.3, -0.25) is 0 Å². The van der Waals surface area contributed by atoms with Crippen LogP contribution in [0.15, 0.2) is 12.5 Å². The number of H-pyrrole nitrogens is 1. The van der Waals surface area contributed by atoms with Gasteiger partial charge in [0.2, 0.25) is 0 Å². The van der Waals surface area contributed by atoms with E-state index in [-0.39, 0.29) is 0 Å².